The van der Waals surface area contributed by atoms with Gasteiger partial charge < -0.3 is 10.6 Å². The van der Waals surface area contributed by atoms with Crippen molar-refractivity contribution >= 4 is 17.5 Å². The third-order valence-corrected chi connectivity index (χ3v) is 3.74. The molecule has 138 valence electrons. The van der Waals surface area contributed by atoms with E-state index in [9.17, 15) is 22.8 Å². The fraction of sp³-hybridized carbons (Fsp3) is 0.263. The lowest BCUT2D eigenvalue weighted by Crippen LogP contribution is -2.29. The van der Waals surface area contributed by atoms with Gasteiger partial charge in [0.2, 0.25) is 11.8 Å². The van der Waals surface area contributed by atoms with Crippen LogP contribution in [0.3, 0.4) is 0 Å². The molecule has 0 spiro atoms. The molecule has 1 atom stereocenters. The van der Waals surface area contributed by atoms with Gasteiger partial charge in [-0.3, -0.25) is 9.59 Å². The molecule has 0 aliphatic carbocycles. The van der Waals surface area contributed by atoms with Crippen LogP contribution in [0.15, 0.2) is 48.5 Å². The Hall–Kier alpha value is -2.83. The number of carbonyl (C=O) groups excluding carboxylic acids is 2. The van der Waals surface area contributed by atoms with Crippen LogP contribution in [0.4, 0.5) is 18.9 Å². The van der Waals surface area contributed by atoms with Crippen LogP contribution in [0.2, 0.25) is 0 Å². The van der Waals surface area contributed by atoms with E-state index in [1.54, 1.807) is 0 Å². The summed E-state index contributed by atoms with van der Waals surface area (Å²) >= 11 is 0. The minimum absolute atomic E-state index is 0.0380. The van der Waals surface area contributed by atoms with Gasteiger partial charge in [-0.15, -0.1) is 0 Å². The van der Waals surface area contributed by atoms with Crippen molar-refractivity contribution < 1.29 is 22.8 Å². The number of amides is 2. The summed E-state index contributed by atoms with van der Waals surface area (Å²) in [7, 11) is 0. The van der Waals surface area contributed by atoms with Gasteiger partial charge in [-0.2, -0.15) is 13.2 Å². The smallest absolute Gasteiger partial charge is 0.349 e. The first-order chi connectivity index (χ1) is 12.1. The van der Waals surface area contributed by atoms with Gasteiger partial charge in [-0.1, -0.05) is 29.8 Å². The molecule has 0 bridgehead atoms. The van der Waals surface area contributed by atoms with E-state index >= 15 is 0 Å². The number of carbonyl (C=O) groups is 2. The molecule has 2 amide bonds. The molecule has 26 heavy (non-hydrogen) atoms. The van der Waals surface area contributed by atoms with E-state index in [1.165, 1.54) is 19.1 Å². The molecule has 2 aromatic rings. The number of hydrogen-bond donors (Lipinski definition) is 2. The van der Waals surface area contributed by atoms with Crippen molar-refractivity contribution in [3.05, 3.63) is 65.2 Å². The molecule has 0 aromatic heterocycles. The number of anilines is 1. The average Bonchev–Trinajstić information content (AvgIpc) is 2.54. The second-order valence-electron chi connectivity index (χ2n) is 5.99. The lowest BCUT2D eigenvalue weighted by atomic mass is 10.0. The molecule has 0 aliphatic rings. The molecule has 0 heterocycles. The second kappa shape index (κ2) is 8.03. The minimum atomic E-state index is -4.43. The predicted octanol–water partition coefficient (Wildman–Crippen LogP) is 4.22. The maximum absolute atomic E-state index is 12.6. The standard InChI is InChI=1S/C19H19F3N2O2/c1-12-3-5-14(6-4-12)17(23-13(2)25)11-18(26)24-16-9-7-15(8-10-16)19(20,21)22/h3-10,17H,11H2,1-2H3,(H,23,25)(H,24,26)/t17-/m0/s1. The fourth-order valence-corrected chi connectivity index (χ4v) is 2.44. The second-order valence-corrected chi connectivity index (χ2v) is 5.99. The first-order valence-corrected chi connectivity index (χ1v) is 7.96. The summed E-state index contributed by atoms with van der Waals surface area (Å²) < 4.78 is 37.7. The van der Waals surface area contributed by atoms with Crippen molar-refractivity contribution in [3.8, 4) is 0 Å². The summed E-state index contributed by atoms with van der Waals surface area (Å²) in [6, 6.07) is 11.1. The van der Waals surface area contributed by atoms with E-state index < -0.39 is 23.7 Å². The van der Waals surface area contributed by atoms with Crippen molar-refractivity contribution in [2.45, 2.75) is 32.5 Å². The number of halogens is 3. The van der Waals surface area contributed by atoms with Crippen LogP contribution in [0.1, 0.15) is 36.1 Å². The van der Waals surface area contributed by atoms with Crippen LogP contribution in [0.25, 0.3) is 0 Å². The monoisotopic (exact) mass is 364 g/mol. The maximum Gasteiger partial charge on any atom is 0.416 e. The van der Waals surface area contributed by atoms with Gasteiger partial charge >= 0.3 is 6.18 Å². The number of rotatable bonds is 5. The van der Waals surface area contributed by atoms with Crippen LogP contribution in [-0.2, 0) is 15.8 Å². The zero-order valence-electron chi connectivity index (χ0n) is 14.4. The Bertz CT molecular complexity index is 769. The van der Waals surface area contributed by atoms with E-state index in [-0.39, 0.29) is 18.0 Å². The van der Waals surface area contributed by atoms with Gasteiger partial charge in [-0.05, 0) is 36.8 Å². The van der Waals surface area contributed by atoms with Gasteiger partial charge in [0.15, 0.2) is 0 Å². The van der Waals surface area contributed by atoms with Crippen LogP contribution < -0.4 is 10.6 Å². The van der Waals surface area contributed by atoms with Crippen molar-refractivity contribution in [2.75, 3.05) is 5.32 Å². The highest BCUT2D eigenvalue weighted by molar-refractivity contribution is 5.91. The number of benzene rings is 2. The molecule has 0 saturated carbocycles. The topological polar surface area (TPSA) is 58.2 Å². The van der Waals surface area contributed by atoms with E-state index in [0.717, 1.165) is 23.3 Å². The summed E-state index contributed by atoms with van der Waals surface area (Å²) in [4.78, 5) is 23.7. The first kappa shape index (κ1) is 19.5. The minimum Gasteiger partial charge on any atom is -0.349 e. The van der Waals surface area contributed by atoms with Gasteiger partial charge in [-0.25, -0.2) is 0 Å². The SMILES string of the molecule is CC(=O)N[C@@H](CC(=O)Nc1ccc(C(F)(F)F)cc1)c1ccc(C)cc1. The van der Waals surface area contributed by atoms with Gasteiger partial charge in [0, 0.05) is 12.6 Å². The van der Waals surface area contributed by atoms with Crippen molar-refractivity contribution in [3.63, 3.8) is 0 Å². The fourth-order valence-electron chi connectivity index (χ4n) is 2.44. The van der Waals surface area contributed by atoms with Gasteiger partial charge in [0.25, 0.3) is 0 Å². The Labute approximate surface area is 149 Å². The number of nitrogens with one attached hydrogen (secondary N) is 2. The Morgan fingerprint density at radius 2 is 1.58 bits per heavy atom. The van der Waals surface area contributed by atoms with E-state index in [1.807, 2.05) is 31.2 Å². The highest BCUT2D eigenvalue weighted by Gasteiger charge is 2.30. The van der Waals surface area contributed by atoms with Gasteiger partial charge in [0.05, 0.1) is 18.0 Å². The molecule has 2 aromatic carbocycles. The van der Waals surface area contributed by atoms with Crippen LogP contribution >= 0.6 is 0 Å². The summed E-state index contributed by atoms with van der Waals surface area (Å²) in [5, 5.41) is 5.26. The summed E-state index contributed by atoms with van der Waals surface area (Å²) in [5.74, 6) is -0.693. The van der Waals surface area contributed by atoms with Crippen LogP contribution in [-0.4, -0.2) is 11.8 Å². The Morgan fingerprint density at radius 3 is 2.08 bits per heavy atom. The molecule has 2 rings (SSSR count). The lowest BCUT2D eigenvalue weighted by Gasteiger charge is -2.18. The summed E-state index contributed by atoms with van der Waals surface area (Å²) in [5.41, 5.74) is 1.29. The number of hydrogen-bond acceptors (Lipinski definition) is 2. The molecule has 4 nitrogen and oxygen atoms in total. The van der Waals surface area contributed by atoms with E-state index in [4.69, 9.17) is 0 Å². The zero-order valence-corrected chi connectivity index (χ0v) is 14.4. The van der Waals surface area contributed by atoms with E-state index in [0.29, 0.717) is 0 Å². The van der Waals surface area contributed by atoms with Crippen LogP contribution in [0, 0.1) is 6.92 Å². The van der Waals surface area contributed by atoms with Crippen molar-refractivity contribution in [2.24, 2.45) is 0 Å². The lowest BCUT2D eigenvalue weighted by molar-refractivity contribution is -0.137. The Kier molecular flexibility index (Phi) is 6.02. The Balaban J connectivity index is 2.07. The summed E-state index contributed by atoms with van der Waals surface area (Å²) in [6.07, 6.45) is -4.46. The van der Waals surface area contributed by atoms with Crippen molar-refractivity contribution in [1.29, 1.82) is 0 Å². The third-order valence-electron chi connectivity index (χ3n) is 3.74. The molecule has 0 unspecified atom stereocenters. The van der Waals surface area contributed by atoms with E-state index in [2.05, 4.69) is 10.6 Å². The molecule has 0 aliphatic heterocycles. The average molecular weight is 364 g/mol. The predicted molar refractivity (Wildman–Crippen MR) is 92.4 cm³/mol. The van der Waals surface area contributed by atoms with Crippen molar-refractivity contribution in [1.82, 2.24) is 5.32 Å². The summed E-state index contributed by atoms with van der Waals surface area (Å²) in [6.45, 7) is 3.28. The molecule has 0 radical (unpaired) electrons. The molecular formula is C19H19F3N2O2. The molecular weight excluding hydrogens is 345 g/mol. The quantitative estimate of drug-likeness (QED) is 0.835. The third kappa shape index (κ3) is 5.61. The van der Waals surface area contributed by atoms with Crippen LogP contribution in [0.5, 0.6) is 0 Å². The Morgan fingerprint density at radius 1 is 1.00 bits per heavy atom. The molecule has 2 N–H and O–H groups in total. The zero-order chi connectivity index (χ0) is 19.3. The molecule has 0 fully saturated rings. The molecule has 7 heteroatoms. The maximum atomic E-state index is 12.6. The number of alkyl halides is 3. The van der Waals surface area contributed by atoms with Gasteiger partial charge in [0.1, 0.15) is 0 Å². The largest absolute Gasteiger partial charge is 0.416 e. The highest BCUT2D eigenvalue weighted by atomic mass is 19.4. The normalized spacial score (nSPS) is 12.3. The number of aryl methyl sites for hydroxylation is 1. The first-order valence-electron chi connectivity index (χ1n) is 7.96. The molecule has 0 saturated heterocycles. The highest BCUT2D eigenvalue weighted by Crippen LogP contribution is 2.30.